The first kappa shape index (κ1) is 15.1. The molecule has 2 rings (SSSR count). The number of amides is 1. The molecule has 2 atom stereocenters. The number of hydrogen-bond acceptors (Lipinski definition) is 6. The Balaban J connectivity index is 2.16. The fourth-order valence-corrected chi connectivity index (χ4v) is 2.78. The quantitative estimate of drug-likeness (QED) is 0.634. The lowest BCUT2D eigenvalue weighted by Gasteiger charge is -2.29. The van der Waals surface area contributed by atoms with Gasteiger partial charge in [0.1, 0.15) is 5.82 Å². The molecule has 6 nitrogen and oxygen atoms in total. The van der Waals surface area contributed by atoms with Crippen molar-refractivity contribution in [3.63, 3.8) is 0 Å². The van der Waals surface area contributed by atoms with Crippen molar-refractivity contribution in [1.29, 1.82) is 0 Å². The first-order valence-electron chi connectivity index (χ1n) is 6.64. The molecule has 1 aromatic heterocycles. The van der Waals surface area contributed by atoms with Crippen LogP contribution in [-0.2, 0) is 4.74 Å². The van der Waals surface area contributed by atoms with Crippen LogP contribution in [0.3, 0.4) is 0 Å². The summed E-state index contributed by atoms with van der Waals surface area (Å²) >= 11 is 1.43. The molecule has 110 valence electrons. The second kappa shape index (κ2) is 6.90. The molecule has 1 aliphatic carbocycles. The summed E-state index contributed by atoms with van der Waals surface area (Å²) in [5.41, 5.74) is 5.71. The van der Waals surface area contributed by atoms with Gasteiger partial charge in [-0.05, 0) is 31.9 Å². The van der Waals surface area contributed by atoms with Crippen molar-refractivity contribution >= 4 is 23.5 Å². The van der Waals surface area contributed by atoms with E-state index in [1.165, 1.54) is 18.0 Å². The molecule has 1 heterocycles. The van der Waals surface area contributed by atoms with Gasteiger partial charge in [-0.2, -0.15) is 0 Å². The van der Waals surface area contributed by atoms with Gasteiger partial charge >= 0.3 is 0 Å². The molecule has 0 aliphatic heterocycles. The number of nitrogens with one attached hydrogen (secondary N) is 1. The molecular weight excluding hydrogens is 276 g/mol. The van der Waals surface area contributed by atoms with Crippen molar-refractivity contribution in [3.05, 3.63) is 11.8 Å². The van der Waals surface area contributed by atoms with Gasteiger partial charge in [-0.25, -0.2) is 9.97 Å². The average molecular weight is 296 g/mol. The number of ether oxygens (including phenoxy) is 1. The molecule has 1 aliphatic rings. The van der Waals surface area contributed by atoms with Gasteiger partial charge in [0.15, 0.2) is 5.16 Å². The summed E-state index contributed by atoms with van der Waals surface area (Å²) < 4.78 is 5.41. The van der Waals surface area contributed by atoms with Crippen LogP contribution in [-0.4, -0.2) is 41.4 Å². The molecular formula is C13H20N4O2S. The number of nitrogens with zero attached hydrogens (tertiary/aromatic N) is 2. The number of rotatable bonds is 5. The van der Waals surface area contributed by atoms with Crippen LogP contribution in [0.5, 0.6) is 0 Å². The minimum absolute atomic E-state index is 0.247. The summed E-state index contributed by atoms with van der Waals surface area (Å²) in [7, 11) is 1.73. The van der Waals surface area contributed by atoms with Crippen LogP contribution in [0.1, 0.15) is 36.0 Å². The van der Waals surface area contributed by atoms with Crippen molar-refractivity contribution in [2.24, 2.45) is 5.73 Å². The molecule has 0 unspecified atom stereocenters. The fourth-order valence-electron chi connectivity index (χ4n) is 2.44. The highest BCUT2D eigenvalue weighted by Gasteiger charge is 2.23. The minimum atomic E-state index is -0.515. The van der Waals surface area contributed by atoms with Gasteiger partial charge in [0.05, 0.1) is 11.7 Å². The van der Waals surface area contributed by atoms with E-state index in [0.717, 1.165) is 25.7 Å². The van der Waals surface area contributed by atoms with E-state index in [4.69, 9.17) is 10.5 Å². The Morgan fingerprint density at radius 3 is 3.00 bits per heavy atom. The number of hydrogen-bond donors (Lipinski definition) is 2. The number of methoxy groups -OCH3 is 1. The number of carbonyl (C=O) groups is 1. The molecule has 1 saturated carbocycles. The maximum absolute atomic E-state index is 11.5. The molecule has 0 bridgehead atoms. The predicted molar refractivity (Wildman–Crippen MR) is 79.0 cm³/mol. The van der Waals surface area contributed by atoms with Crippen molar-refractivity contribution in [2.75, 3.05) is 18.7 Å². The number of nitrogens with two attached hydrogens (primary N) is 1. The molecule has 1 aromatic rings. The number of primary amides is 1. The molecule has 7 heteroatoms. The van der Waals surface area contributed by atoms with Crippen LogP contribution in [0.4, 0.5) is 5.82 Å². The zero-order chi connectivity index (χ0) is 14.5. The summed E-state index contributed by atoms with van der Waals surface area (Å²) in [5.74, 6) is 0.0119. The van der Waals surface area contributed by atoms with E-state index in [0.29, 0.717) is 16.5 Å². The van der Waals surface area contributed by atoms with Crippen molar-refractivity contribution in [3.8, 4) is 0 Å². The van der Waals surface area contributed by atoms with E-state index in [-0.39, 0.29) is 12.1 Å². The third kappa shape index (κ3) is 3.61. The third-order valence-corrected chi connectivity index (χ3v) is 4.08. The number of anilines is 1. The highest BCUT2D eigenvalue weighted by molar-refractivity contribution is 7.98. The second-order valence-corrected chi connectivity index (χ2v) is 5.62. The molecule has 0 spiro atoms. The lowest BCUT2D eigenvalue weighted by molar-refractivity contribution is 0.0669. The monoisotopic (exact) mass is 296 g/mol. The number of carbonyl (C=O) groups excluding carboxylic acids is 1. The number of aromatic nitrogens is 2. The summed E-state index contributed by atoms with van der Waals surface area (Å²) in [6.45, 7) is 0. The van der Waals surface area contributed by atoms with E-state index in [2.05, 4.69) is 15.3 Å². The molecule has 1 amide bonds. The SMILES string of the molecule is CO[C@H]1CCC[C@@H](Nc2nc(SC)ncc2C(N)=O)C1. The van der Waals surface area contributed by atoms with Crippen molar-refractivity contribution in [2.45, 2.75) is 43.0 Å². The Labute approximate surface area is 122 Å². The summed E-state index contributed by atoms with van der Waals surface area (Å²) in [6.07, 6.45) is 7.77. The molecule has 3 N–H and O–H groups in total. The first-order chi connectivity index (χ1) is 9.63. The van der Waals surface area contributed by atoms with E-state index in [1.807, 2.05) is 6.26 Å². The second-order valence-electron chi connectivity index (χ2n) is 4.85. The Morgan fingerprint density at radius 1 is 1.55 bits per heavy atom. The lowest BCUT2D eigenvalue weighted by atomic mass is 9.93. The van der Waals surface area contributed by atoms with E-state index in [1.54, 1.807) is 7.11 Å². The van der Waals surface area contributed by atoms with Crippen molar-refractivity contribution < 1.29 is 9.53 Å². The number of thioether (sulfide) groups is 1. The minimum Gasteiger partial charge on any atom is -0.381 e. The van der Waals surface area contributed by atoms with Gasteiger partial charge in [-0.1, -0.05) is 11.8 Å². The van der Waals surface area contributed by atoms with Gasteiger partial charge in [-0.15, -0.1) is 0 Å². The molecule has 0 radical (unpaired) electrons. The Hall–Kier alpha value is -1.34. The summed E-state index contributed by atoms with van der Waals surface area (Å²) in [6, 6.07) is 0.247. The average Bonchev–Trinajstić information content (AvgIpc) is 2.47. The van der Waals surface area contributed by atoms with Crippen LogP contribution in [0.2, 0.25) is 0 Å². The molecule has 0 saturated heterocycles. The van der Waals surface area contributed by atoms with Crippen molar-refractivity contribution in [1.82, 2.24) is 9.97 Å². The maximum atomic E-state index is 11.5. The van der Waals surface area contributed by atoms with Gasteiger partial charge in [0, 0.05) is 19.3 Å². The van der Waals surface area contributed by atoms with Gasteiger partial charge < -0.3 is 15.8 Å². The normalized spacial score (nSPS) is 22.5. The van der Waals surface area contributed by atoms with Crippen LogP contribution < -0.4 is 11.1 Å². The topological polar surface area (TPSA) is 90.1 Å². The molecule has 1 fully saturated rings. The smallest absolute Gasteiger partial charge is 0.254 e. The van der Waals surface area contributed by atoms with Crippen LogP contribution in [0.25, 0.3) is 0 Å². The standard InChI is InChI=1S/C13H20N4O2S/c1-19-9-5-3-4-8(6-9)16-12-10(11(14)18)7-15-13(17-12)20-2/h7-9H,3-6H2,1-2H3,(H2,14,18)(H,15,16,17)/t8-,9+/m1/s1. The van der Waals surface area contributed by atoms with Gasteiger partial charge in [0.2, 0.25) is 0 Å². The molecule has 0 aromatic carbocycles. The Kier molecular flexibility index (Phi) is 5.19. The zero-order valence-electron chi connectivity index (χ0n) is 11.8. The van der Waals surface area contributed by atoms with E-state index in [9.17, 15) is 4.79 Å². The fraction of sp³-hybridized carbons (Fsp3) is 0.615. The van der Waals surface area contributed by atoms with E-state index < -0.39 is 5.91 Å². The Morgan fingerprint density at radius 2 is 2.35 bits per heavy atom. The van der Waals surface area contributed by atoms with Gasteiger partial charge in [0.25, 0.3) is 5.91 Å². The third-order valence-electron chi connectivity index (χ3n) is 3.51. The summed E-state index contributed by atoms with van der Waals surface area (Å²) in [5, 5.41) is 3.95. The molecule has 20 heavy (non-hydrogen) atoms. The van der Waals surface area contributed by atoms with E-state index >= 15 is 0 Å². The largest absolute Gasteiger partial charge is 0.381 e. The predicted octanol–water partition coefficient (Wildman–Crippen LogP) is 1.67. The first-order valence-corrected chi connectivity index (χ1v) is 7.86. The van der Waals surface area contributed by atoms with Gasteiger partial charge in [-0.3, -0.25) is 4.79 Å². The van der Waals surface area contributed by atoms with Crippen LogP contribution in [0, 0.1) is 0 Å². The lowest BCUT2D eigenvalue weighted by Crippen LogP contribution is -2.32. The van der Waals surface area contributed by atoms with Crippen LogP contribution >= 0.6 is 11.8 Å². The highest BCUT2D eigenvalue weighted by Crippen LogP contribution is 2.25. The zero-order valence-corrected chi connectivity index (χ0v) is 12.6. The highest BCUT2D eigenvalue weighted by atomic mass is 32.2. The van der Waals surface area contributed by atoms with Crippen LogP contribution in [0.15, 0.2) is 11.4 Å². The summed E-state index contributed by atoms with van der Waals surface area (Å²) in [4.78, 5) is 19.9. The Bertz CT molecular complexity index is 483. The maximum Gasteiger partial charge on any atom is 0.254 e.